The maximum Gasteiger partial charge on any atom is 0.126 e. The number of aromatic nitrogens is 1. The molecule has 1 N–H and O–H groups in total. The fourth-order valence-electron chi connectivity index (χ4n) is 1.81. The molecule has 2 rings (SSSR count). The van der Waals surface area contributed by atoms with Crippen molar-refractivity contribution in [1.29, 1.82) is 0 Å². The number of nitrogens with one attached hydrogen (secondary N) is 1. The predicted octanol–water partition coefficient (Wildman–Crippen LogP) is 3.49. The Hall–Kier alpha value is -2.23. The van der Waals surface area contributed by atoms with Crippen LogP contribution < -0.4 is 14.8 Å². The maximum atomic E-state index is 5.75. The van der Waals surface area contributed by atoms with Gasteiger partial charge in [0, 0.05) is 12.7 Å². The lowest BCUT2D eigenvalue weighted by Crippen LogP contribution is -2.01. The monoisotopic (exact) mass is 272 g/mol. The lowest BCUT2D eigenvalue weighted by molar-refractivity contribution is 0.304. The van der Waals surface area contributed by atoms with Crippen molar-refractivity contribution >= 4 is 5.82 Å². The van der Waals surface area contributed by atoms with Crippen molar-refractivity contribution in [2.24, 2.45) is 0 Å². The number of hydrogen-bond donors (Lipinski definition) is 1. The van der Waals surface area contributed by atoms with Gasteiger partial charge in [-0.05, 0) is 55.8 Å². The largest absolute Gasteiger partial charge is 0.494 e. The smallest absolute Gasteiger partial charge is 0.126 e. The summed E-state index contributed by atoms with van der Waals surface area (Å²) in [6.07, 6.45) is 1.79. The highest BCUT2D eigenvalue weighted by atomic mass is 16.5. The van der Waals surface area contributed by atoms with Crippen molar-refractivity contribution in [3.8, 4) is 11.5 Å². The van der Waals surface area contributed by atoms with Crippen molar-refractivity contribution < 1.29 is 9.47 Å². The first kappa shape index (κ1) is 14.2. The van der Waals surface area contributed by atoms with Crippen molar-refractivity contribution in [2.45, 2.75) is 20.5 Å². The standard InChI is InChI=1S/C16H20N2O2/c1-3-17-16-11-13(9-10-18-16)12-20-15-7-5-14(6-8-15)19-4-2/h5-11H,3-4,12H2,1-2H3,(H,17,18). The SMILES string of the molecule is CCNc1cc(COc2ccc(OCC)cc2)ccn1. The van der Waals surface area contributed by atoms with Crippen LogP contribution in [0.2, 0.25) is 0 Å². The molecule has 4 heteroatoms. The molecule has 0 saturated heterocycles. The van der Waals surface area contributed by atoms with Crippen LogP contribution in [0, 0.1) is 0 Å². The Kier molecular flexibility index (Phi) is 5.24. The molecule has 0 amide bonds. The number of hydrogen-bond acceptors (Lipinski definition) is 4. The van der Waals surface area contributed by atoms with Gasteiger partial charge in [-0.1, -0.05) is 0 Å². The van der Waals surface area contributed by atoms with Crippen LogP contribution in [0.3, 0.4) is 0 Å². The molecule has 0 aliphatic heterocycles. The normalized spacial score (nSPS) is 10.1. The van der Waals surface area contributed by atoms with Crippen molar-refractivity contribution in [1.82, 2.24) is 4.98 Å². The van der Waals surface area contributed by atoms with Gasteiger partial charge in [-0.15, -0.1) is 0 Å². The van der Waals surface area contributed by atoms with Gasteiger partial charge in [-0.3, -0.25) is 0 Å². The Bertz CT molecular complexity index is 526. The number of anilines is 1. The summed E-state index contributed by atoms with van der Waals surface area (Å²) in [7, 11) is 0. The minimum atomic E-state index is 0.523. The minimum absolute atomic E-state index is 0.523. The van der Waals surface area contributed by atoms with Gasteiger partial charge in [0.2, 0.25) is 0 Å². The fraction of sp³-hybridized carbons (Fsp3) is 0.312. The Morgan fingerprint density at radius 1 is 1.00 bits per heavy atom. The van der Waals surface area contributed by atoms with Gasteiger partial charge >= 0.3 is 0 Å². The highest BCUT2D eigenvalue weighted by molar-refractivity contribution is 5.37. The number of pyridine rings is 1. The molecular weight excluding hydrogens is 252 g/mol. The Morgan fingerprint density at radius 2 is 1.70 bits per heavy atom. The second-order valence-electron chi connectivity index (χ2n) is 4.27. The van der Waals surface area contributed by atoms with E-state index in [0.29, 0.717) is 13.2 Å². The molecule has 1 aromatic heterocycles. The van der Waals surface area contributed by atoms with Crippen molar-refractivity contribution in [3.05, 3.63) is 48.2 Å². The number of nitrogens with zero attached hydrogens (tertiary/aromatic N) is 1. The maximum absolute atomic E-state index is 5.75. The molecular formula is C16H20N2O2. The lowest BCUT2D eigenvalue weighted by atomic mass is 10.2. The van der Waals surface area contributed by atoms with Crippen LogP contribution in [0.1, 0.15) is 19.4 Å². The van der Waals surface area contributed by atoms with Crippen LogP contribution in [0.25, 0.3) is 0 Å². The van der Waals surface area contributed by atoms with E-state index >= 15 is 0 Å². The summed E-state index contributed by atoms with van der Waals surface area (Å²) in [5.41, 5.74) is 1.09. The molecule has 20 heavy (non-hydrogen) atoms. The molecule has 0 unspecified atom stereocenters. The quantitative estimate of drug-likeness (QED) is 0.838. The van der Waals surface area contributed by atoms with E-state index in [2.05, 4.69) is 10.3 Å². The molecule has 0 atom stereocenters. The molecule has 0 bridgehead atoms. The molecule has 0 aliphatic carbocycles. The van der Waals surface area contributed by atoms with E-state index in [1.807, 2.05) is 50.2 Å². The zero-order chi connectivity index (χ0) is 14.2. The zero-order valence-electron chi connectivity index (χ0n) is 11.9. The lowest BCUT2D eigenvalue weighted by Gasteiger charge is -2.09. The average molecular weight is 272 g/mol. The summed E-state index contributed by atoms with van der Waals surface area (Å²) in [6, 6.07) is 11.6. The number of rotatable bonds is 7. The molecule has 106 valence electrons. The second-order valence-corrected chi connectivity index (χ2v) is 4.27. The van der Waals surface area contributed by atoms with E-state index in [9.17, 15) is 0 Å². The summed E-state index contributed by atoms with van der Waals surface area (Å²) in [4.78, 5) is 4.23. The van der Waals surface area contributed by atoms with Crippen LogP contribution in [0.5, 0.6) is 11.5 Å². The Labute approximate surface area is 119 Å². The summed E-state index contributed by atoms with van der Waals surface area (Å²) < 4.78 is 11.1. The molecule has 0 saturated carbocycles. The van der Waals surface area contributed by atoms with E-state index < -0.39 is 0 Å². The summed E-state index contributed by atoms with van der Waals surface area (Å²) >= 11 is 0. The summed E-state index contributed by atoms with van der Waals surface area (Å²) in [5.74, 6) is 2.56. The summed E-state index contributed by atoms with van der Waals surface area (Å²) in [5, 5.41) is 3.18. The molecule has 2 aromatic rings. The van der Waals surface area contributed by atoms with Crippen LogP contribution in [-0.4, -0.2) is 18.1 Å². The molecule has 4 nitrogen and oxygen atoms in total. The van der Waals surface area contributed by atoms with Gasteiger partial charge in [-0.2, -0.15) is 0 Å². The molecule has 0 radical (unpaired) electrons. The van der Waals surface area contributed by atoms with Crippen molar-refractivity contribution in [2.75, 3.05) is 18.5 Å². The van der Waals surface area contributed by atoms with Gasteiger partial charge in [0.25, 0.3) is 0 Å². The summed E-state index contributed by atoms with van der Waals surface area (Å²) in [6.45, 7) is 6.07. The van der Waals surface area contributed by atoms with Gasteiger partial charge in [0.15, 0.2) is 0 Å². The first-order valence-corrected chi connectivity index (χ1v) is 6.86. The van der Waals surface area contributed by atoms with E-state index in [1.165, 1.54) is 0 Å². The average Bonchev–Trinajstić information content (AvgIpc) is 2.48. The first-order valence-electron chi connectivity index (χ1n) is 6.86. The van der Waals surface area contributed by atoms with E-state index in [0.717, 1.165) is 29.4 Å². The third-order valence-electron chi connectivity index (χ3n) is 2.72. The third-order valence-corrected chi connectivity index (χ3v) is 2.72. The van der Waals surface area contributed by atoms with Crippen molar-refractivity contribution in [3.63, 3.8) is 0 Å². The fourth-order valence-corrected chi connectivity index (χ4v) is 1.81. The topological polar surface area (TPSA) is 43.4 Å². The van der Waals surface area contributed by atoms with Gasteiger partial charge in [-0.25, -0.2) is 4.98 Å². The molecule has 0 aliphatic rings. The van der Waals surface area contributed by atoms with Gasteiger partial charge in [0.05, 0.1) is 6.61 Å². The first-order chi connectivity index (χ1) is 9.81. The van der Waals surface area contributed by atoms with E-state index in [-0.39, 0.29) is 0 Å². The molecule has 0 fully saturated rings. The van der Waals surface area contributed by atoms with Gasteiger partial charge < -0.3 is 14.8 Å². The molecule has 0 spiro atoms. The molecule has 1 aromatic carbocycles. The predicted molar refractivity (Wildman–Crippen MR) is 80.3 cm³/mol. The Morgan fingerprint density at radius 3 is 2.35 bits per heavy atom. The van der Waals surface area contributed by atoms with Crippen LogP contribution in [-0.2, 0) is 6.61 Å². The van der Waals surface area contributed by atoms with E-state index in [1.54, 1.807) is 6.20 Å². The van der Waals surface area contributed by atoms with Crippen LogP contribution in [0.15, 0.2) is 42.6 Å². The highest BCUT2D eigenvalue weighted by Crippen LogP contribution is 2.19. The number of ether oxygens (including phenoxy) is 2. The Balaban J connectivity index is 1.92. The van der Waals surface area contributed by atoms with Gasteiger partial charge in [0.1, 0.15) is 23.9 Å². The zero-order valence-corrected chi connectivity index (χ0v) is 11.9. The third kappa shape index (κ3) is 4.16. The van der Waals surface area contributed by atoms with E-state index in [4.69, 9.17) is 9.47 Å². The second kappa shape index (κ2) is 7.38. The minimum Gasteiger partial charge on any atom is -0.494 e. The van der Waals surface area contributed by atoms with Crippen LogP contribution >= 0.6 is 0 Å². The highest BCUT2D eigenvalue weighted by Gasteiger charge is 1.99. The molecule has 1 heterocycles. The van der Waals surface area contributed by atoms with Crippen LogP contribution in [0.4, 0.5) is 5.82 Å². The number of benzene rings is 1.